The van der Waals surface area contributed by atoms with E-state index in [1.807, 2.05) is 30.3 Å². The number of halogens is 1. The van der Waals surface area contributed by atoms with E-state index in [0.717, 1.165) is 5.69 Å². The fourth-order valence-corrected chi connectivity index (χ4v) is 6.02. The maximum atomic E-state index is 13.5. The lowest BCUT2D eigenvalue weighted by atomic mass is 10.1. The van der Waals surface area contributed by atoms with Crippen molar-refractivity contribution in [3.63, 3.8) is 0 Å². The van der Waals surface area contributed by atoms with Crippen molar-refractivity contribution in [1.82, 2.24) is 14.7 Å². The molecule has 36 heavy (non-hydrogen) atoms. The van der Waals surface area contributed by atoms with Crippen molar-refractivity contribution in [3.8, 4) is 16.9 Å². The summed E-state index contributed by atoms with van der Waals surface area (Å²) in [6.07, 6.45) is 6.79. The second-order valence-electron chi connectivity index (χ2n) is 8.66. The van der Waals surface area contributed by atoms with Gasteiger partial charge in [0.25, 0.3) is 0 Å². The molecule has 1 saturated heterocycles. The molecular formula is C27H24FN3O4S. The number of furan rings is 1. The van der Waals surface area contributed by atoms with Crippen LogP contribution in [0.3, 0.4) is 0 Å². The van der Waals surface area contributed by atoms with Gasteiger partial charge < -0.3 is 9.32 Å². The third-order valence-electron chi connectivity index (χ3n) is 6.12. The van der Waals surface area contributed by atoms with Gasteiger partial charge in [0.2, 0.25) is 5.91 Å². The molecule has 5 rings (SSSR count). The zero-order valence-corrected chi connectivity index (χ0v) is 20.1. The predicted molar refractivity (Wildman–Crippen MR) is 134 cm³/mol. The van der Waals surface area contributed by atoms with Crippen LogP contribution in [0, 0.1) is 5.82 Å². The van der Waals surface area contributed by atoms with Crippen molar-refractivity contribution in [2.75, 3.05) is 11.5 Å². The Morgan fingerprint density at radius 3 is 2.56 bits per heavy atom. The third-order valence-corrected chi connectivity index (χ3v) is 7.88. The van der Waals surface area contributed by atoms with E-state index in [1.54, 1.807) is 46.1 Å². The summed E-state index contributed by atoms with van der Waals surface area (Å²) >= 11 is 0. The van der Waals surface area contributed by atoms with Crippen molar-refractivity contribution >= 4 is 21.8 Å². The second kappa shape index (κ2) is 9.94. The second-order valence-corrected chi connectivity index (χ2v) is 10.9. The van der Waals surface area contributed by atoms with Crippen molar-refractivity contribution in [1.29, 1.82) is 0 Å². The maximum absolute atomic E-state index is 13.5. The summed E-state index contributed by atoms with van der Waals surface area (Å²) in [5.74, 6) is -0.119. The highest BCUT2D eigenvalue weighted by molar-refractivity contribution is 7.91. The molecule has 3 heterocycles. The number of aromatic nitrogens is 2. The first kappa shape index (κ1) is 23.7. The van der Waals surface area contributed by atoms with Crippen molar-refractivity contribution in [2.24, 2.45) is 0 Å². The van der Waals surface area contributed by atoms with E-state index in [9.17, 15) is 17.6 Å². The molecule has 1 aliphatic heterocycles. The summed E-state index contributed by atoms with van der Waals surface area (Å²) in [7, 11) is -3.19. The van der Waals surface area contributed by atoms with Crippen LogP contribution < -0.4 is 0 Å². The Bertz CT molecular complexity index is 1480. The number of carbonyl (C=O) groups is 1. The van der Waals surface area contributed by atoms with Gasteiger partial charge in [-0.3, -0.25) is 4.79 Å². The first-order valence-corrected chi connectivity index (χ1v) is 13.3. The van der Waals surface area contributed by atoms with E-state index in [0.29, 0.717) is 29.0 Å². The molecule has 0 spiro atoms. The number of amides is 1. The molecule has 1 atom stereocenters. The van der Waals surface area contributed by atoms with E-state index < -0.39 is 15.9 Å². The summed E-state index contributed by atoms with van der Waals surface area (Å²) in [6, 6.07) is 18.6. The van der Waals surface area contributed by atoms with Crippen molar-refractivity contribution < 1.29 is 22.0 Å². The number of benzene rings is 2. The van der Waals surface area contributed by atoms with E-state index >= 15 is 0 Å². The van der Waals surface area contributed by atoms with Gasteiger partial charge in [-0.1, -0.05) is 18.2 Å². The fourth-order valence-electron chi connectivity index (χ4n) is 4.29. The lowest BCUT2D eigenvalue weighted by Crippen LogP contribution is -2.39. The molecule has 0 bridgehead atoms. The number of rotatable bonds is 7. The molecule has 0 saturated carbocycles. The number of nitrogens with zero attached hydrogens (tertiary/aromatic N) is 3. The molecule has 1 aliphatic rings. The van der Waals surface area contributed by atoms with E-state index in [4.69, 9.17) is 4.42 Å². The standard InChI is InChI=1S/C27H24FN3O4S/c28-22-11-8-20(9-12-22)27-21(17-31(29-27)23-5-2-1-3-6-23)10-13-26(32)30(18-25-7-4-15-35-25)24-14-16-36(33,34)19-24/h1-13,15,17,24H,14,16,18-19H2/b13-10+. The maximum Gasteiger partial charge on any atom is 0.247 e. The molecule has 2 aromatic carbocycles. The smallest absolute Gasteiger partial charge is 0.247 e. The largest absolute Gasteiger partial charge is 0.467 e. The van der Waals surface area contributed by atoms with Crippen LogP contribution in [-0.4, -0.2) is 46.6 Å². The lowest BCUT2D eigenvalue weighted by molar-refractivity contribution is -0.128. The summed E-state index contributed by atoms with van der Waals surface area (Å²) in [4.78, 5) is 14.9. The molecule has 2 aromatic heterocycles. The molecule has 7 nitrogen and oxygen atoms in total. The van der Waals surface area contributed by atoms with Crippen LogP contribution in [-0.2, 0) is 21.2 Å². The van der Waals surface area contributed by atoms with E-state index in [1.165, 1.54) is 24.5 Å². The Morgan fingerprint density at radius 2 is 1.89 bits per heavy atom. The van der Waals surface area contributed by atoms with Gasteiger partial charge >= 0.3 is 0 Å². The van der Waals surface area contributed by atoms with Gasteiger partial charge in [0.15, 0.2) is 9.84 Å². The monoisotopic (exact) mass is 505 g/mol. The Morgan fingerprint density at radius 1 is 1.11 bits per heavy atom. The van der Waals surface area contributed by atoms with Gasteiger partial charge in [0.1, 0.15) is 11.6 Å². The summed E-state index contributed by atoms with van der Waals surface area (Å²) in [5, 5.41) is 4.68. The number of para-hydroxylation sites is 1. The molecule has 4 aromatic rings. The first-order chi connectivity index (χ1) is 17.4. The molecule has 9 heteroatoms. The number of hydrogen-bond donors (Lipinski definition) is 0. The molecular weight excluding hydrogens is 481 g/mol. The van der Waals surface area contributed by atoms with Gasteiger partial charge in [-0.15, -0.1) is 0 Å². The van der Waals surface area contributed by atoms with Gasteiger partial charge in [-0.05, 0) is 61.0 Å². The minimum absolute atomic E-state index is 0.0574. The highest BCUT2D eigenvalue weighted by Crippen LogP contribution is 2.26. The molecule has 0 N–H and O–H groups in total. The summed E-state index contributed by atoms with van der Waals surface area (Å²) in [5.41, 5.74) is 2.79. The molecule has 0 aliphatic carbocycles. The highest BCUT2D eigenvalue weighted by Gasteiger charge is 2.34. The first-order valence-electron chi connectivity index (χ1n) is 11.5. The molecule has 1 unspecified atom stereocenters. The quantitative estimate of drug-likeness (QED) is 0.345. The SMILES string of the molecule is O=C(/C=C/c1cn(-c2ccccc2)nc1-c1ccc(F)cc1)N(Cc1ccco1)C1CCS(=O)(=O)C1. The van der Waals surface area contributed by atoms with Crippen LogP contribution in [0.1, 0.15) is 17.7 Å². The highest BCUT2D eigenvalue weighted by atomic mass is 32.2. The van der Waals surface area contributed by atoms with Crippen LogP contribution in [0.5, 0.6) is 0 Å². The third kappa shape index (κ3) is 5.31. The minimum Gasteiger partial charge on any atom is -0.467 e. The lowest BCUT2D eigenvalue weighted by Gasteiger charge is -2.26. The van der Waals surface area contributed by atoms with Gasteiger partial charge in [-0.25, -0.2) is 17.5 Å². The molecule has 0 radical (unpaired) electrons. The Hall–Kier alpha value is -3.98. The molecule has 1 fully saturated rings. The van der Waals surface area contributed by atoms with E-state index in [2.05, 4.69) is 5.10 Å². The fraction of sp³-hybridized carbons (Fsp3) is 0.185. The Labute approximate surface area is 208 Å². The Balaban J connectivity index is 1.47. The zero-order valence-electron chi connectivity index (χ0n) is 19.3. The topological polar surface area (TPSA) is 85.4 Å². The summed E-state index contributed by atoms with van der Waals surface area (Å²) in [6.45, 7) is 0.171. The van der Waals surface area contributed by atoms with Crippen LogP contribution in [0.4, 0.5) is 4.39 Å². The van der Waals surface area contributed by atoms with Gasteiger partial charge in [-0.2, -0.15) is 5.10 Å². The van der Waals surface area contributed by atoms with Crippen LogP contribution in [0.2, 0.25) is 0 Å². The van der Waals surface area contributed by atoms with Crippen LogP contribution in [0.15, 0.2) is 89.7 Å². The van der Waals surface area contributed by atoms with E-state index in [-0.39, 0.29) is 29.8 Å². The number of carbonyl (C=O) groups excluding carboxylic acids is 1. The van der Waals surface area contributed by atoms with Crippen molar-refractivity contribution in [3.05, 3.63) is 102 Å². The average molecular weight is 506 g/mol. The average Bonchev–Trinajstić information content (AvgIpc) is 3.62. The molecule has 184 valence electrons. The zero-order chi connectivity index (χ0) is 25.1. The van der Waals surface area contributed by atoms with Crippen molar-refractivity contribution in [2.45, 2.75) is 19.0 Å². The number of sulfone groups is 1. The van der Waals surface area contributed by atoms with Gasteiger partial charge in [0.05, 0.1) is 35.7 Å². The molecule has 1 amide bonds. The summed E-state index contributed by atoms with van der Waals surface area (Å²) < 4.78 is 44.8. The minimum atomic E-state index is -3.19. The van der Waals surface area contributed by atoms with Crippen LogP contribution >= 0.6 is 0 Å². The predicted octanol–water partition coefficient (Wildman–Crippen LogP) is 4.50. The Kier molecular flexibility index (Phi) is 6.56. The normalized spacial score (nSPS) is 17.0. The van der Waals surface area contributed by atoms with Crippen LogP contribution in [0.25, 0.3) is 23.0 Å². The van der Waals surface area contributed by atoms with Gasteiger partial charge in [0, 0.05) is 29.4 Å². The number of hydrogen-bond acceptors (Lipinski definition) is 5.